The summed E-state index contributed by atoms with van der Waals surface area (Å²) in [5.41, 5.74) is 1.33. The Morgan fingerprint density at radius 2 is 2.00 bits per heavy atom. The second-order valence-electron chi connectivity index (χ2n) is 3.55. The summed E-state index contributed by atoms with van der Waals surface area (Å²) in [7, 11) is 0. The molecule has 2 aromatic heterocycles. The van der Waals surface area contributed by atoms with E-state index in [0.717, 1.165) is 0 Å². The molecule has 0 aliphatic rings. The van der Waals surface area contributed by atoms with Crippen molar-refractivity contribution in [1.82, 2.24) is 9.97 Å². The lowest BCUT2D eigenvalue weighted by Gasteiger charge is -1.99. The molecule has 0 spiro atoms. The molecule has 5 heteroatoms. The van der Waals surface area contributed by atoms with Crippen LogP contribution in [0.25, 0.3) is 22.7 Å². The highest BCUT2D eigenvalue weighted by molar-refractivity contribution is 5.74. The maximum atomic E-state index is 9.68. The van der Waals surface area contributed by atoms with Crippen molar-refractivity contribution in [3.8, 4) is 23.0 Å². The van der Waals surface area contributed by atoms with Crippen LogP contribution in [0.1, 0.15) is 0 Å². The maximum Gasteiger partial charge on any atom is 0.232 e. The minimum Gasteiger partial charge on any atom is -0.508 e. The van der Waals surface area contributed by atoms with Gasteiger partial charge < -0.3 is 14.6 Å². The van der Waals surface area contributed by atoms with Crippen molar-refractivity contribution in [3.05, 3.63) is 36.5 Å². The predicted molar refractivity (Wildman–Crippen MR) is 60.6 cm³/mol. The molecule has 0 bridgehead atoms. The number of fused-ring (bicyclic) bond motifs is 1. The van der Waals surface area contributed by atoms with E-state index in [9.17, 15) is 10.2 Å². The summed E-state index contributed by atoms with van der Waals surface area (Å²) in [6.45, 7) is 0. The molecule has 1 aromatic carbocycles. The second kappa shape index (κ2) is 3.48. The lowest BCUT2D eigenvalue weighted by Crippen LogP contribution is -1.79. The van der Waals surface area contributed by atoms with E-state index in [4.69, 9.17) is 4.42 Å². The van der Waals surface area contributed by atoms with Crippen molar-refractivity contribution >= 4 is 11.2 Å². The van der Waals surface area contributed by atoms with Gasteiger partial charge in [-0.3, -0.25) is 0 Å². The Morgan fingerprint density at radius 1 is 1.12 bits per heavy atom. The van der Waals surface area contributed by atoms with E-state index in [-0.39, 0.29) is 17.4 Å². The average Bonchev–Trinajstić information content (AvgIpc) is 2.75. The Morgan fingerprint density at radius 3 is 2.82 bits per heavy atom. The highest BCUT2D eigenvalue weighted by Gasteiger charge is 2.13. The number of aromatic nitrogens is 2. The minimum atomic E-state index is -0.00523. The van der Waals surface area contributed by atoms with Crippen LogP contribution >= 0.6 is 0 Å². The first-order chi connectivity index (χ1) is 8.24. The first-order valence-electron chi connectivity index (χ1n) is 4.98. The zero-order chi connectivity index (χ0) is 11.8. The monoisotopic (exact) mass is 228 g/mol. The van der Waals surface area contributed by atoms with E-state index < -0.39 is 0 Å². The molecule has 0 radical (unpaired) electrons. The number of pyridine rings is 1. The highest BCUT2D eigenvalue weighted by atomic mass is 16.4. The zero-order valence-corrected chi connectivity index (χ0v) is 8.66. The molecule has 0 saturated heterocycles. The van der Waals surface area contributed by atoms with E-state index in [1.165, 1.54) is 18.2 Å². The van der Waals surface area contributed by atoms with Gasteiger partial charge in [0.15, 0.2) is 11.2 Å². The summed E-state index contributed by atoms with van der Waals surface area (Å²) in [6, 6.07) is 7.63. The number of nitrogens with zero attached hydrogens (tertiary/aromatic N) is 2. The molecule has 0 saturated carbocycles. The van der Waals surface area contributed by atoms with Crippen LogP contribution < -0.4 is 0 Å². The van der Waals surface area contributed by atoms with Gasteiger partial charge in [-0.1, -0.05) is 0 Å². The van der Waals surface area contributed by atoms with E-state index in [1.54, 1.807) is 18.3 Å². The fourth-order valence-corrected chi connectivity index (χ4v) is 1.58. The van der Waals surface area contributed by atoms with Crippen molar-refractivity contribution in [2.24, 2.45) is 0 Å². The maximum absolute atomic E-state index is 9.68. The molecule has 17 heavy (non-hydrogen) atoms. The third-order valence-corrected chi connectivity index (χ3v) is 2.38. The van der Waals surface area contributed by atoms with Crippen LogP contribution in [0, 0.1) is 0 Å². The van der Waals surface area contributed by atoms with Crippen LogP contribution in [0.5, 0.6) is 11.5 Å². The highest BCUT2D eigenvalue weighted by Crippen LogP contribution is 2.32. The van der Waals surface area contributed by atoms with Crippen molar-refractivity contribution in [1.29, 1.82) is 0 Å². The van der Waals surface area contributed by atoms with Crippen molar-refractivity contribution < 1.29 is 14.6 Å². The summed E-state index contributed by atoms with van der Waals surface area (Å²) in [5, 5.41) is 19.1. The molecule has 3 aromatic rings. The van der Waals surface area contributed by atoms with Gasteiger partial charge >= 0.3 is 0 Å². The summed E-state index contributed by atoms with van der Waals surface area (Å²) in [4.78, 5) is 8.17. The molecule has 84 valence electrons. The Bertz CT molecular complexity index is 658. The molecule has 0 fully saturated rings. The molecule has 0 atom stereocenters. The Labute approximate surface area is 96.0 Å². The van der Waals surface area contributed by atoms with Gasteiger partial charge in [-0.2, -0.15) is 4.98 Å². The quantitative estimate of drug-likeness (QED) is 0.625. The topological polar surface area (TPSA) is 79.4 Å². The molecule has 2 N–H and O–H groups in total. The Balaban J connectivity index is 2.23. The van der Waals surface area contributed by atoms with Crippen LogP contribution in [-0.2, 0) is 0 Å². The number of rotatable bonds is 1. The molecule has 0 unspecified atom stereocenters. The number of phenols is 2. The van der Waals surface area contributed by atoms with Gasteiger partial charge in [0.05, 0.1) is 5.56 Å². The van der Waals surface area contributed by atoms with Gasteiger partial charge in [0.25, 0.3) is 0 Å². The number of oxazole rings is 1. The number of aromatic hydroxyl groups is 2. The third kappa shape index (κ3) is 1.57. The Hall–Kier alpha value is -2.56. The van der Waals surface area contributed by atoms with Crippen LogP contribution in [0.2, 0.25) is 0 Å². The van der Waals surface area contributed by atoms with Crippen LogP contribution in [0.4, 0.5) is 0 Å². The molecule has 2 heterocycles. The zero-order valence-electron chi connectivity index (χ0n) is 8.66. The van der Waals surface area contributed by atoms with Gasteiger partial charge in [0.1, 0.15) is 11.5 Å². The lowest BCUT2D eigenvalue weighted by atomic mass is 10.2. The van der Waals surface area contributed by atoms with E-state index in [1.807, 2.05) is 0 Å². The largest absolute Gasteiger partial charge is 0.508 e. The van der Waals surface area contributed by atoms with Crippen LogP contribution in [0.15, 0.2) is 40.9 Å². The van der Waals surface area contributed by atoms with Gasteiger partial charge in [0, 0.05) is 6.20 Å². The SMILES string of the molecule is Oc1ccc(O)c(-c2nc3ncccc3o2)c1. The van der Waals surface area contributed by atoms with Gasteiger partial charge in [-0.05, 0) is 30.3 Å². The smallest absolute Gasteiger partial charge is 0.232 e. The summed E-state index contributed by atoms with van der Waals surface area (Å²) < 4.78 is 5.45. The fraction of sp³-hybridized carbons (Fsp3) is 0. The lowest BCUT2D eigenvalue weighted by molar-refractivity contribution is 0.459. The molecule has 0 aliphatic carbocycles. The van der Waals surface area contributed by atoms with Gasteiger partial charge in [0.2, 0.25) is 5.89 Å². The van der Waals surface area contributed by atoms with E-state index in [2.05, 4.69) is 9.97 Å². The summed E-state index contributed by atoms with van der Waals surface area (Å²) >= 11 is 0. The standard InChI is InChI=1S/C12H8N2O3/c15-7-3-4-9(16)8(6-7)12-14-11-10(17-12)2-1-5-13-11/h1-6,15-16H. The van der Waals surface area contributed by atoms with Gasteiger partial charge in [-0.25, -0.2) is 4.98 Å². The number of phenolic OH excluding ortho intramolecular Hbond substituents is 2. The third-order valence-electron chi connectivity index (χ3n) is 2.38. The molecular formula is C12H8N2O3. The Kier molecular flexibility index (Phi) is 1.98. The summed E-state index contributed by atoms with van der Waals surface area (Å²) in [5.74, 6) is 0.259. The van der Waals surface area contributed by atoms with E-state index >= 15 is 0 Å². The second-order valence-corrected chi connectivity index (χ2v) is 3.55. The molecule has 5 nitrogen and oxygen atoms in total. The first kappa shape index (κ1) is 9.65. The van der Waals surface area contributed by atoms with Crippen LogP contribution in [0.3, 0.4) is 0 Å². The summed E-state index contributed by atoms with van der Waals surface area (Å²) in [6.07, 6.45) is 1.61. The normalized spacial score (nSPS) is 10.8. The van der Waals surface area contributed by atoms with Gasteiger partial charge in [-0.15, -0.1) is 0 Å². The van der Waals surface area contributed by atoms with Crippen LogP contribution in [-0.4, -0.2) is 20.2 Å². The predicted octanol–water partition coefficient (Wildman–Crippen LogP) is 2.30. The minimum absolute atomic E-state index is 0.00523. The van der Waals surface area contributed by atoms with E-state index in [0.29, 0.717) is 16.8 Å². The van der Waals surface area contributed by atoms with Crippen molar-refractivity contribution in [2.75, 3.05) is 0 Å². The number of benzene rings is 1. The average molecular weight is 228 g/mol. The molecule has 3 rings (SSSR count). The number of hydrogen-bond acceptors (Lipinski definition) is 5. The fourth-order valence-electron chi connectivity index (χ4n) is 1.58. The first-order valence-corrected chi connectivity index (χ1v) is 4.98. The molecule has 0 amide bonds. The molecular weight excluding hydrogens is 220 g/mol. The number of hydrogen-bond donors (Lipinski definition) is 2. The van der Waals surface area contributed by atoms with Crippen molar-refractivity contribution in [2.45, 2.75) is 0 Å². The van der Waals surface area contributed by atoms with Crippen molar-refractivity contribution in [3.63, 3.8) is 0 Å². The molecule has 0 aliphatic heterocycles.